The molecule has 1 aromatic carbocycles. The van der Waals surface area contributed by atoms with Crippen LogP contribution < -0.4 is 0 Å². The zero-order chi connectivity index (χ0) is 11.7. The highest BCUT2D eigenvalue weighted by Crippen LogP contribution is 2.33. The van der Waals surface area contributed by atoms with Crippen molar-refractivity contribution in [2.24, 2.45) is 0 Å². The van der Waals surface area contributed by atoms with E-state index in [1.807, 2.05) is 0 Å². The molecular formula is C13H14F2O. The first kappa shape index (κ1) is 11.2. The van der Waals surface area contributed by atoms with Crippen LogP contribution in [0.3, 0.4) is 0 Å². The van der Waals surface area contributed by atoms with E-state index < -0.39 is 17.6 Å². The molecule has 1 atom stereocenters. The number of aryl methyl sites for hydroxylation is 1. The van der Waals surface area contributed by atoms with Crippen molar-refractivity contribution in [3.05, 3.63) is 34.9 Å². The average molecular weight is 224 g/mol. The standard InChI is InChI=1S/C13H14F2O/c1-8-6-7-10(14)12(13(8)15)9-4-2-3-5-11(9)16/h6-7,9H,2-5H2,1H3. The lowest BCUT2D eigenvalue weighted by Crippen LogP contribution is -2.20. The van der Waals surface area contributed by atoms with Gasteiger partial charge < -0.3 is 0 Å². The summed E-state index contributed by atoms with van der Waals surface area (Å²) in [6.07, 6.45) is 2.71. The molecule has 86 valence electrons. The van der Waals surface area contributed by atoms with E-state index in [1.165, 1.54) is 12.1 Å². The van der Waals surface area contributed by atoms with Gasteiger partial charge in [0.1, 0.15) is 17.4 Å². The first-order chi connectivity index (χ1) is 7.61. The number of hydrogen-bond acceptors (Lipinski definition) is 1. The van der Waals surface area contributed by atoms with Gasteiger partial charge in [0, 0.05) is 17.9 Å². The molecule has 1 unspecified atom stereocenters. The van der Waals surface area contributed by atoms with Crippen molar-refractivity contribution >= 4 is 5.78 Å². The third kappa shape index (κ3) is 1.86. The van der Waals surface area contributed by atoms with Gasteiger partial charge in [-0.3, -0.25) is 4.79 Å². The van der Waals surface area contributed by atoms with Crippen molar-refractivity contribution in [2.45, 2.75) is 38.5 Å². The Morgan fingerprint density at radius 1 is 1.25 bits per heavy atom. The summed E-state index contributed by atoms with van der Waals surface area (Å²) in [6, 6.07) is 2.65. The maximum atomic E-state index is 13.8. The highest BCUT2D eigenvalue weighted by atomic mass is 19.1. The Labute approximate surface area is 93.5 Å². The fraction of sp³-hybridized carbons (Fsp3) is 0.462. The number of ketones is 1. The van der Waals surface area contributed by atoms with Gasteiger partial charge in [-0.25, -0.2) is 8.78 Å². The molecule has 1 aliphatic rings. The molecule has 1 aromatic rings. The summed E-state index contributed by atoms with van der Waals surface area (Å²) in [5.74, 6) is -1.76. The van der Waals surface area contributed by atoms with Gasteiger partial charge in [-0.05, 0) is 31.4 Å². The van der Waals surface area contributed by atoms with E-state index in [9.17, 15) is 13.6 Å². The molecule has 0 bridgehead atoms. The summed E-state index contributed by atoms with van der Waals surface area (Å²) in [5, 5.41) is 0. The molecule has 0 N–H and O–H groups in total. The fourth-order valence-electron chi connectivity index (χ4n) is 2.29. The quantitative estimate of drug-likeness (QED) is 0.713. The normalized spacial score (nSPS) is 21.2. The van der Waals surface area contributed by atoms with Crippen molar-refractivity contribution in [3.8, 4) is 0 Å². The SMILES string of the molecule is Cc1ccc(F)c(C2CCCCC2=O)c1F. The van der Waals surface area contributed by atoms with Crippen LogP contribution in [-0.2, 0) is 4.79 Å². The van der Waals surface area contributed by atoms with E-state index in [0.717, 1.165) is 12.8 Å². The van der Waals surface area contributed by atoms with Crippen LogP contribution in [0, 0.1) is 18.6 Å². The van der Waals surface area contributed by atoms with Gasteiger partial charge in [0.15, 0.2) is 0 Å². The Morgan fingerprint density at radius 2 is 2.00 bits per heavy atom. The molecule has 16 heavy (non-hydrogen) atoms. The van der Waals surface area contributed by atoms with E-state index >= 15 is 0 Å². The molecule has 0 aromatic heterocycles. The summed E-state index contributed by atoms with van der Waals surface area (Å²) in [7, 11) is 0. The van der Waals surface area contributed by atoms with Crippen LogP contribution >= 0.6 is 0 Å². The van der Waals surface area contributed by atoms with Crippen molar-refractivity contribution in [1.82, 2.24) is 0 Å². The van der Waals surface area contributed by atoms with Gasteiger partial charge >= 0.3 is 0 Å². The van der Waals surface area contributed by atoms with Crippen molar-refractivity contribution in [1.29, 1.82) is 0 Å². The summed E-state index contributed by atoms with van der Waals surface area (Å²) < 4.78 is 27.4. The van der Waals surface area contributed by atoms with E-state index in [2.05, 4.69) is 0 Å². The summed E-state index contributed by atoms with van der Waals surface area (Å²) >= 11 is 0. The Kier molecular flexibility index (Phi) is 3.03. The number of carbonyl (C=O) groups excluding carboxylic acids is 1. The van der Waals surface area contributed by atoms with E-state index in [1.54, 1.807) is 6.92 Å². The Hall–Kier alpha value is -1.25. The molecule has 0 saturated heterocycles. The molecule has 3 heteroatoms. The van der Waals surface area contributed by atoms with E-state index in [-0.39, 0.29) is 11.3 Å². The average Bonchev–Trinajstić information content (AvgIpc) is 2.27. The van der Waals surface area contributed by atoms with Crippen LogP contribution in [0.1, 0.15) is 42.7 Å². The molecule has 0 amide bonds. The van der Waals surface area contributed by atoms with Gasteiger partial charge in [-0.1, -0.05) is 12.5 Å². The number of benzene rings is 1. The third-order valence-electron chi connectivity index (χ3n) is 3.22. The smallest absolute Gasteiger partial charge is 0.140 e. The summed E-state index contributed by atoms with van der Waals surface area (Å²) in [5.41, 5.74) is 0.375. The molecule has 1 fully saturated rings. The summed E-state index contributed by atoms with van der Waals surface area (Å²) in [4.78, 5) is 11.7. The fourth-order valence-corrected chi connectivity index (χ4v) is 2.29. The van der Waals surface area contributed by atoms with E-state index in [4.69, 9.17) is 0 Å². The Morgan fingerprint density at radius 3 is 2.69 bits per heavy atom. The van der Waals surface area contributed by atoms with Crippen LogP contribution in [0.4, 0.5) is 8.78 Å². The Balaban J connectivity index is 2.46. The van der Waals surface area contributed by atoms with Crippen LogP contribution in [-0.4, -0.2) is 5.78 Å². The molecule has 1 saturated carbocycles. The zero-order valence-corrected chi connectivity index (χ0v) is 9.22. The summed E-state index contributed by atoms with van der Waals surface area (Å²) in [6.45, 7) is 1.59. The van der Waals surface area contributed by atoms with Crippen molar-refractivity contribution in [2.75, 3.05) is 0 Å². The zero-order valence-electron chi connectivity index (χ0n) is 9.22. The monoisotopic (exact) mass is 224 g/mol. The van der Waals surface area contributed by atoms with Gasteiger partial charge in [0.25, 0.3) is 0 Å². The molecule has 0 spiro atoms. The minimum Gasteiger partial charge on any atom is -0.299 e. The molecule has 0 radical (unpaired) electrons. The number of carbonyl (C=O) groups is 1. The lowest BCUT2D eigenvalue weighted by Gasteiger charge is -2.22. The maximum absolute atomic E-state index is 13.8. The minimum atomic E-state index is -0.594. The first-order valence-corrected chi connectivity index (χ1v) is 5.58. The lowest BCUT2D eigenvalue weighted by atomic mass is 9.82. The molecule has 1 nitrogen and oxygen atoms in total. The van der Waals surface area contributed by atoms with Crippen LogP contribution in [0.25, 0.3) is 0 Å². The topological polar surface area (TPSA) is 17.1 Å². The van der Waals surface area contributed by atoms with Gasteiger partial charge in [-0.2, -0.15) is 0 Å². The number of Topliss-reactive ketones (excluding diaryl/α,β-unsaturated/α-hetero) is 1. The van der Waals surface area contributed by atoms with Crippen molar-refractivity contribution in [3.63, 3.8) is 0 Å². The molecule has 2 rings (SSSR count). The predicted molar refractivity (Wildman–Crippen MR) is 57.3 cm³/mol. The minimum absolute atomic E-state index is 0.0234. The largest absolute Gasteiger partial charge is 0.299 e. The number of halogens is 2. The van der Waals surface area contributed by atoms with Crippen molar-refractivity contribution < 1.29 is 13.6 Å². The van der Waals surface area contributed by atoms with Crippen LogP contribution in [0.5, 0.6) is 0 Å². The molecule has 0 heterocycles. The molecule has 0 aliphatic heterocycles. The first-order valence-electron chi connectivity index (χ1n) is 5.58. The molecule has 1 aliphatic carbocycles. The third-order valence-corrected chi connectivity index (χ3v) is 3.22. The lowest BCUT2D eigenvalue weighted by molar-refractivity contribution is -0.122. The second-order valence-corrected chi connectivity index (χ2v) is 4.36. The second-order valence-electron chi connectivity index (χ2n) is 4.36. The van der Waals surface area contributed by atoms with Gasteiger partial charge in [0.2, 0.25) is 0 Å². The van der Waals surface area contributed by atoms with Gasteiger partial charge in [0.05, 0.1) is 0 Å². The highest BCUT2D eigenvalue weighted by Gasteiger charge is 2.29. The van der Waals surface area contributed by atoms with Crippen LogP contribution in [0.2, 0.25) is 0 Å². The second kappa shape index (κ2) is 4.32. The van der Waals surface area contributed by atoms with E-state index in [0.29, 0.717) is 18.4 Å². The maximum Gasteiger partial charge on any atom is 0.140 e. The van der Waals surface area contributed by atoms with Gasteiger partial charge in [-0.15, -0.1) is 0 Å². The predicted octanol–water partition coefficient (Wildman–Crippen LogP) is 3.50. The number of hydrogen-bond donors (Lipinski definition) is 0. The Bertz CT molecular complexity index is 426. The van der Waals surface area contributed by atoms with Crippen LogP contribution in [0.15, 0.2) is 12.1 Å². The highest BCUT2D eigenvalue weighted by molar-refractivity contribution is 5.86. The molecular weight excluding hydrogens is 210 g/mol. The number of rotatable bonds is 1.